The lowest BCUT2D eigenvalue weighted by Gasteiger charge is -2.34. The number of nitrogens with one attached hydrogen (secondary N) is 3. The first-order valence-corrected chi connectivity index (χ1v) is 9.77. The zero-order chi connectivity index (χ0) is 19.8. The Morgan fingerprint density at radius 1 is 1.23 bits per heavy atom. The standard InChI is InChI=1S/C19H39N5O2/c1-8-19(9-2,23-17(25)26-18(3,4)5)14-22-16(20-6)21-12-15-10-11-24(7)13-15/h15H,8-14H2,1-7H3,(H,23,25)(H2,20,21,22). The van der Waals surface area contributed by atoms with Gasteiger partial charge in [-0.3, -0.25) is 4.99 Å². The van der Waals surface area contributed by atoms with Gasteiger partial charge >= 0.3 is 6.09 Å². The lowest BCUT2D eigenvalue weighted by atomic mass is 9.93. The van der Waals surface area contributed by atoms with E-state index in [9.17, 15) is 4.79 Å². The van der Waals surface area contributed by atoms with Crippen molar-refractivity contribution in [1.29, 1.82) is 0 Å². The minimum absolute atomic E-state index is 0.368. The Morgan fingerprint density at radius 3 is 2.35 bits per heavy atom. The van der Waals surface area contributed by atoms with E-state index in [1.54, 1.807) is 7.05 Å². The summed E-state index contributed by atoms with van der Waals surface area (Å²) >= 11 is 0. The van der Waals surface area contributed by atoms with Crippen molar-refractivity contribution >= 4 is 12.1 Å². The summed E-state index contributed by atoms with van der Waals surface area (Å²) in [4.78, 5) is 18.9. The molecular formula is C19H39N5O2. The number of alkyl carbamates (subject to hydrolysis) is 1. The van der Waals surface area contributed by atoms with E-state index < -0.39 is 5.60 Å². The van der Waals surface area contributed by atoms with Crippen LogP contribution in [0.25, 0.3) is 0 Å². The molecule has 1 rings (SSSR count). The van der Waals surface area contributed by atoms with Gasteiger partial charge in [0.25, 0.3) is 0 Å². The summed E-state index contributed by atoms with van der Waals surface area (Å²) in [6, 6.07) is 0. The Morgan fingerprint density at radius 2 is 1.88 bits per heavy atom. The van der Waals surface area contributed by atoms with Crippen LogP contribution < -0.4 is 16.0 Å². The summed E-state index contributed by atoms with van der Waals surface area (Å²) in [5.41, 5.74) is -0.871. The molecule has 0 spiro atoms. The summed E-state index contributed by atoms with van der Waals surface area (Å²) in [6.45, 7) is 13.6. The van der Waals surface area contributed by atoms with Gasteiger partial charge in [0.2, 0.25) is 0 Å². The van der Waals surface area contributed by atoms with Crippen LogP contribution in [-0.2, 0) is 4.74 Å². The highest BCUT2D eigenvalue weighted by Crippen LogP contribution is 2.16. The number of amides is 1. The topological polar surface area (TPSA) is 78.0 Å². The highest BCUT2D eigenvalue weighted by atomic mass is 16.6. The monoisotopic (exact) mass is 369 g/mol. The zero-order valence-electron chi connectivity index (χ0n) is 17.7. The molecule has 1 heterocycles. The van der Waals surface area contributed by atoms with E-state index >= 15 is 0 Å². The zero-order valence-corrected chi connectivity index (χ0v) is 17.7. The van der Waals surface area contributed by atoms with Gasteiger partial charge in [-0.2, -0.15) is 0 Å². The number of likely N-dealkylation sites (tertiary alicyclic amines) is 1. The van der Waals surface area contributed by atoms with E-state index in [1.807, 2.05) is 20.8 Å². The number of nitrogens with zero attached hydrogens (tertiary/aromatic N) is 2. The van der Waals surface area contributed by atoms with Crippen LogP contribution in [-0.4, -0.2) is 68.4 Å². The third-order valence-electron chi connectivity index (χ3n) is 4.98. The SMILES string of the molecule is CCC(CC)(CNC(=NC)NCC1CCN(C)C1)NC(=O)OC(C)(C)C. The summed E-state index contributed by atoms with van der Waals surface area (Å²) < 4.78 is 5.43. The van der Waals surface area contributed by atoms with Crippen molar-refractivity contribution in [3.8, 4) is 0 Å². The van der Waals surface area contributed by atoms with Crippen molar-refractivity contribution in [2.75, 3.05) is 40.3 Å². The lowest BCUT2D eigenvalue weighted by molar-refractivity contribution is 0.0448. The van der Waals surface area contributed by atoms with Crippen LogP contribution in [0.4, 0.5) is 4.79 Å². The quantitative estimate of drug-likeness (QED) is 0.474. The Balaban J connectivity index is 2.55. The third kappa shape index (κ3) is 7.81. The Labute approximate surface area is 159 Å². The van der Waals surface area contributed by atoms with E-state index in [0.29, 0.717) is 12.5 Å². The van der Waals surface area contributed by atoms with E-state index in [2.05, 4.69) is 46.7 Å². The molecule has 0 aromatic heterocycles. The molecule has 0 aromatic carbocycles. The number of hydrogen-bond acceptors (Lipinski definition) is 4. The van der Waals surface area contributed by atoms with Crippen LogP contribution in [0.1, 0.15) is 53.9 Å². The smallest absolute Gasteiger partial charge is 0.408 e. The molecule has 0 bridgehead atoms. The Hall–Kier alpha value is -1.50. The normalized spacial score (nSPS) is 19.3. The first kappa shape index (κ1) is 22.5. The van der Waals surface area contributed by atoms with E-state index in [1.165, 1.54) is 6.42 Å². The van der Waals surface area contributed by atoms with Crippen molar-refractivity contribution in [3.63, 3.8) is 0 Å². The van der Waals surface area contributed by atoms with Gasteiger partial charge in [-0.15, -0.1) is 0 Å². The second-order valence-electron chi connectivity index (χ2n) is 8.34. The van der Waals surface area contributed by atoms with Gasteiger partial charge in [-0.05, 0) is 59.5 Å². The van der Waals surface area contributed by atoms with Gasteiger partial charge in [-0.1, -0.05) is 13.8 Å². The van der Waals surface area contributed by atoms with Crippen LogP contribution in [0.3, 0.4) is 0 Å². The maximum atomic E-state index is 12.2. The summed E-state index contributed by atoms with van der Waals surface area (Å²) in [5, 5.41) is 9.84. The molecular weight excluding hydrogens is 330 g/mol. The van der Waals surface area contributed by atoms with Crippen LogP contribution in [0.15, 0.2) is 4.99 Å². The maximum absolute atomic E-state index is 12.2. The summed E-state index contributed by atoms with van der Waals surface area (Å²) in [5.74, 6) is 1.43. The van der Waals surface area contributed by atoms with Crippen molar-refractivity contribution in [1.82, 2.24) is 20.9 Å². The highest BCUT2D eigenvalue weighted by molar-refractivity contribution is 5.79. The molecule has 0 aliphatic carbocycles. The second kappa shape index (κ2) is 10.00. The third-order valence-corrected chi connectivity index (χ3v) is 4.98. The molecule has 7 nitrogen and oxygen atoms in total. The van der Waals surface area contributed by atoms with Crippen LogP contribution in [0, 0.1) is 5.92 Å². The number of rotatable bonds is 7. The fourth-order valence-electron chi connectivity index (χ4n) is 3.15. The predicted molar refractivity (Wildman–Crippen MR) is 108 cm³/mol. The van der Waals surface area contributed by atoms with Gasteiger partial charge in [0.05, 0.1) is 5.54 Å². The van der Waals surface area contributed by atoms with Gasteiger partial charge in [0.1, 0.15) is 5.60 Å². The maximum Gasteiger partial charge on any atom is 0.408 e. The van der Waals surface area contributed by atoms with Crippen LogP contribution in [0.5, 0.6) is 0 Å². The molecule has 26 heavy (non-hydrogen) atoms. The molecule has 1 fully saturated rings. The molecule has 1 aliphatic rings. The summed E-state index contributed by atoms with van der Waals surface area (Å²) in [6.07, 6.45) is 2.45. The molecule has 7 heteroatoms. The van der Waals surface area contributed by atoms with Crippen molar-refractivity contribution in [2.24, 2.45) is 10.9 Å². The average Bonchev–Trinajstić information content (AvgIpc) is 2.97. The molecule has 0 aromatic rings. The van der Waals surface area contributed by atoms with E-state index in [-0.39, 0.29) is 11.6 Å². The number of guanidine groups is 1. The molecule has 1 amide bonds. The van der Waals surface area contributed by atoms with Crippen LogP contribution in [0.2, 0.25) is 0 Å². The lowest BCUT2D eigenvalue weighted by Crippen LogP contribution is -2.57. The number of ether oxygens (including phenoxy) is 1. The minimum atomic E-state index is -0.503. The van der Waals surface area contributed by atoms with Crippen LogP contribution >= 0.6 is 0 Å². The van der Waals surface area contributed by atoms with Crippen molar-refractivity contribution in [3.05, 3.63) is 0 Å². The van der Waals surface area contributed by atoms with Crippen molar-refractivity contribution in [2.45, 2.75) is 65.0 Å². The Bertz CT molecular complexity index is 469. The van der Waals surface area contributed by atoms with Crippen molar-refractivity contribution < 1.29 is 9.53 Å². The molecule has 3 N–H and O–H groups in total. The number of aliphatic imine (C=N–C) groups is 1. The van der Waals surface area contributed by atoms with Gasteiger partial charge < -0.3 is 25.6 Å². The first-order valence-electron chi connectivity index (χ1n) is 9.77. The van der Waals surface area contributed by atoms with Gasteiger partial charge in [0, 0.05) is 26.7 Å². The molecule has 1 atom stereocenters. The van der Waals surface area contributed by atoms with Gasteiger partial charge in [0.15, 0.2) is 5.96 Å². The molecule has 0 saturated carbocycles. The second-order valence-corrected chi connectivity index (χ2v) is 8.34. The highest BCUT2D eigenvalue weighted by Gasteiger charge is 2.30. The number of carbonyl (C=O) groups is 1. The molecule has 1 aliphatic heterocycles. The largest absolute Gasteiger partial charge is 0.444 e. The van der Waals surface area contributed by atoms with Gasteiger partial charge in [-0.25, -0.2) is 4.79 Å². The fourth-order valence-corrected chi connectivity index (χ4v) is 3.15. The minimum Gasteiger partial charge on any atom is -0.444 e. The molecule has 152 valence electrons. The molecule has 1 unspecified atom stereocenters. The molecule has 0 radical (unpaired) electrons. The number of hydrogen-bond donors (Lipinski definition) is 3. The predicted octanol–water partition coefficient (Wildman–Crippen LogP) is 2.19. The first-order chi connectivity index (χ1) is 12.1. The molecule has 1 saturated heterocycles. The fraction of sp³-hybridized carbons (Fsp3) is 0.895. The Kier molecular flexibility index (Phi) is 8.67. The summed E-state index contributed by atoms with van der Waals surface area (Å²) in [7, 11) is 3.93. The number of carbonyl (C=O) groups excluding carboxylic acids is 1. The van der Waals surface area contributed by atoms with E-state index in [4.69, 9.17) is 4.74 Å². The average molecular weight is 370 g/mol. The van der Waals surface area contributed by atoms with E-state index in [0.717, 1.165) is 38.4 Å².